The molecule has 1 aliphatic rings. The highest BCUT2D eigenvalue weighted by Crippen LogP contribution is 2.13. The number of para-hydroxylation sites is 1. The zero-order valence-electron chi connectivity index (χ0n) is 10.7. The Morgan fingerprint density at radius 2 is 1.82 bits per heavy atom. The topological polar surface area (TPSA) is 32.5 Å². The van der Waals surface area contributed by atoms with E-state index >= 15 is 0 Å². The summed E-state index contributed by atoms with van der Waals surface area (Å²) in [5.74, 6) is 0. The lowest BCUT2D eigenvalue weighted by Crippen LogP contribution is -2.44. The number of piperazine rings is 1. The summed E-state index contributed by atoms with van der Waals surface area (Å²) in [4.78, 5) is 4.95. The summed E-state index contributed by atoms with van der Waals surface area (Å²) < 4.78 is 0. The van der Waals surface area contributed by atoms with Crippen molar-refractivity contribution in [2.45, 2.75) is 12.8 Å². The van der Waals surface area contributed by atoms with Crippen LogP contribution in [-0.2, 0) is 6.42 Å². The van der Waals surface area contributed by atoms with Gasteiger partial charge in [0.2, 0.25) is 0 Å². The minimum Gasteiger partial charge on any atom is -0.399 e. The van der Waals surface area contributed by atoms with Crippen LogP contribution in [0, 0.1) is 0 Å². The fourth-order valence-corrected chi connectivity index (χ4v) is 2.33. The molecule has 0 aromatic heterocycles. The molecule has 94 valence electrons. The van der Waals surface area contributed by atoms with Crippen molar-refractivity contribution in [3.05, 3.63) is 29.8 Å². The Morgan fingerprint density at radius 3 is 2.53 bits per heavy atom. The van der Waals surface area contributed by atoms with Crippen LogP contribution >= 0.6 is 0 Å². The Balaban J connectivity index is 1.71. The van der Waals surface area contributed by atoms with Gasteiger partial charge in [-0.15, -0.1) is 0 Å². The Bertz CT molecular complexity index is 343. The highest BCUT2D eigenvalue weighted by Gasteiger charge is 2.12. The maximum absolute atomic E-state index is 5.94. The maximum atomic E-state index is 5.94. The number of nitrogens with zero attached hydrogens (tertiary/aromatic N) is 2. The van der Waals surface area contributed by atoms with Crippen molar-refractivity contribution < 1.29 is 0 Å². The average Bonchev–Trinajstić information content (AvgIpc) is 2.34. The van der Waals surface area contributed by atoms with Crippen molar-refractivity contribution in [3.63, 3.8) is 0 Å². The molecule has 0 amide bonds. The van der Waals surface area contributed by atoms with Gasteiger partial charge in [0.15, 0.2) is 0 Å². The van der Waals surface area contributed by atoms with Crippen LogP contribution in [0.5, 0.6) is 0 Å². The first kappa shape index (κ1) is 12.4. The first-order chi connectivity index (χ1) is 8.25. The Labute approximate surface area is 104 Å². The number of rotatable bonds is 4. The van der Waals surface area contributed by atoms with E-state index in [4.69, 9.17) is 5.73 Å². The normalized spacial score (nSPS) is 18.4. The summed E-state index contributed by atoms with van der Waals surface area (Å²) >= 11 is 0. The molecule has 0 atom stereocenters. The lowest BCUT2D eigenvalue weighted by Gasteiger charge is -2.32. The van der Waals surface area contributed by atoms with Crippen molar-refractivity contribution >= 4 is 5.69 Å². The molecule has 0 spiro atoms. The second kappa shape index (κ2) is 6.03. The molecular weight excluding hydrogens is 210 g/mol. The largest absolute Gasteiger partial charge is 0.399 e. The fourth-order valence-electron chi connectivity index (χ4n) is 2.33. The third-order valence-electron chi connectivity index (χ3n) is 3.57. The van der Waals surface area contributed by atoms with E-state index in [2.05, 4.69) is 29.0 Å². The monoisotopic (exact) mass is 233 g/mol. The van der Waals surface area contributed by atoms with Crippen LogP contribution in [0.15, 0.2) is 24.3 Å². The molecule has 3 nitrogen and oxygen atoms in total. The smallest absolute Gasteiger partial charge is 0.0346 e. The fraction of sp³-hybridized carbons (Fsp3) is 0.571. The Kier molecular flexibility index (Phi) is 4.40. The molecule has 2 N–H and O–H groups in total. The van der Waals surface area contributed by atoms with Crippen LogP contribution in [0.4, 0.5) is 5.69 Å². The first-order valence-electron chi connectivity index (χ1n) is 6.50. The molecule has 3 heteroatoms. The SMILES string of the molecule is CN1CCN(CCCc2ccccc2N)CC1. The molecule has 1 saturated heterocycles. The van der Waals surface area contributed by atoms with E-state index in [1.807, 2.05) is 12.1 Å². The van der Waals surface area contributed by atoms with Gasteiger partial charge in [-0.1, -0.05) is 18.2 Å². The lowest BCUT2D eigenvalue weighted by molar-refractivity contribution is 0.153. The molecule has 0 saturated carbocycles. The van der Waals surface area contributed by atoms with Gasteiger partial charge in [-0.05, 0) is 38.1 Å². The van der Waals surface area contributed by atoms with Crippen molar-refractivity contribution in [1.29, 1.82) is 0 Å². The van der Waals surface area contributed by atoms with Crippen LogP contribution in [0.25, 0.3) is 0 Å². The number of benzene rings is 1. The molecule has 1 aliphatic heterocycles. The first-order valence-corrected chi connectivity index (χ1v) is 6.50. The second-order valence-corrected chi connectivity index (χ2v) is 4.95. The minimum atomic E-state index is 0.936. The van der Waals surface area contributed by atoms with Gasteiger partial charge >= 0.3 is 0 Å². The lowest BCUT2D eigenvalue weighted by atomic mass is 10.1. The molecular formula is C14H23N3. The highest BCUT2D eigenvalue weighted by atomic mass is 15.2. The zero-order chi connectivity index (χ0) is 12.1. The number of nitrogens with two attached hydrogens (primary N) is 1. The summed E-state index contributed by atoms with van der Waals surface area (Å²) in [6.45, 7) is 6.02. The van der Waals surface area contributed by atoms with Gasteiger partial charge in [-0.3, -0.25) is 0 Å². The summed E-state index contributed by atoms with van der Waals surface area (Å²) in [6.07, 6.45) is 2.30. The van der Waals surface area contributed by atoms with Crippen LogP contribution < -0.4 is 5.73 Å². The van der Waals surface area contributed by atoms with Crippen LogP contribution in [0.3, 0.4) is 0 Å². The number of anilines is 1. The standard InChI is InChI=1S/C14H23N3/c1-16-9-11-17(12-10-16)8-4-6-13-5-2-3-7-14(13)15/h2-3,5,7H,4,6,8-12,15H2,1H3. The molecule has 2 rings (SSSR count). The summed E-state index contributed by atoms with van der Waals surface area (Å²) in [6, 6.07) is 8.20. The quantitative estimate of drug-likeness (QED) is 0.799. The van der Waals surface area contributed by atoms with Crippen LogP contribution in [0.1, 0.15) is 12.0 Å². The summed E-state index contributed by atoms with van der Waals surface area (Å²) in [5, 5.41) is 0. The molecule has 0 aliphatic carbocycles. The van der Waals surface area contributed by atoms with Gasteiger partial charge < -0.3 is 15.5 Å². The number of aryl methyl sites for hydroxylation is 1. The van der Waals surface area contributed by atoms with Gasteiger partial charge in [-0.2, -0.15) is 0 Å². The molecule has 0 unspecified atom stereocenters. The number of hydrogen-bond donors (Lipinski definition) is 1. The predicted octanol–water partition coefficient (Wildman–Crippen LogP) is 1.45. The van der Waals surface area contributed by atoms with Gasteiger partial charge in [0.25, 0.3) is 0 Å². The molecule has 1 aromatic rings. The molecule has 1 heterocycles. The van der Waals surface area contributed by atoms with E-state index in [-0.39, 0.29) is 0 Å². The van der Waals surface area contributed by atoms with Crippen molar-refractivity contribution in [1.82, 2.24) is 9.80 Å². The van der Waals surface area contributed by atoms with E-state index in [0.717, 1.165) is 12.1 Å². The summed E-state index contributed by atoms with van der Waals surface area (Å²) in [7, 11) is 2.20. The molecule has 0 bridgehead atoms. The van der Waals surface area contributed by atoms with E-state index < -0.39 is 0 Å². The van der Waals surface area contributed by atoms with Crippen molar-refractivity contribution in [2.75, 3.05) is 45.5 Å². The number of likely N-dealkylation sites (N-methyl/N-ethyl adjacent to an activating group) is 1. The number of nitrogen functional groups attached to an aromatic ring is 1. The average molecular weight is 233 g/mol. The van der Waals surface area contributed by atoms with E-state index in [1.54, 1.807) is 0 Å². The predicted molar refractivity (Wildman–Crippen MR) is 73.1 cm³/mol. The molecule has 17 heavy (non-hydrogen) atoms. The van der Waals surface area contributed by atoms with E-state index in [1.165, 1.54) is 44.7 Å². The Hall–Kier alpha value is -1.06. The third-order valence-corrected chi connectivity index (χ3v) is 3.57. The number of hydrogen-bond acceptors (Lipinski definition) is 3. The Morgan fingerprint density at radius 1 is 1.12 bits per heavy atom. The summed E-state index contributed by atoms with van der Waals surface area (Å²) in [5.41, 5.74) is 8.17. The molecule has 1 aromatic carbocycles. The van der Waals surface area contributed by atoms with Crippen LogP contribution in [0.2, 0.25) is 0 Å². The minimum absolute atomic E-state index is 0.936. The van der Waals surface area contributed by atoms with Crippen molar-refractivity contribution in [3.8, 4) is 0 Å². The third kappa shape index (κ3) is 3.72. The van der Waals surface area contributed by atoms with Crippen LogP contribution in [-0.4, -0.2) is 49.6 Å². The van der Waals surface area contributed by atoms with Gasteiger partial charge in [0.1, 0.15) is 0 Å². The van der Waals surface area contributed by atoms with Crippen molar-refractivity contribution in [2.24, 2.45) is 0 Å². The second-order valence-electron chi connectivity index (χ2n) is 4.95. The molecule has 1 fully saturated rings. The van der Waals surface area contributed by atoms with Gasteiger partial charge in [0.05, 0.1) is 0 Å². The van der Waals surface area contributed by atoms with Gasteiger partial charge in [-0.25, -0.2) is 0 Å². The van der Waals surface area contributed by atoms with E-state index in [0.29, 0.717) is 0 Å². The van der Waals surface area contributed by atoms with Gasteiger partial charge in [0, 0.05) is 31.9 Å². The zero-order valence-corrected chi connectivity index (χ0v) is 10.7. The van der Waals surface area contributed by atoms with E-state index in [9.17, 15) is 0 Å². The molecule has 0 radical (unpaired) electrons. The maximum Gasteiger partial charge on any atom is 0.0346 e. The highest BCUT2D eigenvalue weighted by molar-refractivity contribution is 5.46.